The highest BCUT2D eigenvalue weighted by Crippen LogP contribution is 2.36. The Kier molecular flexibility index (Phi) is 3.54. The van der Waals surface area contributed by atoms with Crippen molar-refractivity contribution in [3.63, 3.8) is 0 Å². The number of carbonyl (C=O) groups excluding carboxylic acids is 1. The zero-order chi connectivity index (χ0) is 14.3. The van der Waals surface area contributed by atoms with E-state index < -0.39 is 6.04 Å². The van der Waals surface area contributed by atoms with Gasteiger partial charge in [-0.3, -0.25) is 4.79 Å². The van der Waals surface area contributed by atoms with Crippen LogP contribution in [0.3, 0.4) is 0 Å². The molecule has 2 rings (SSSR count). The summed E-state index contributed by atoms with van der Waals surface area (Å²) in [6.45, 7) is 6.62. The summed E-state index contributed by atoms with van der Waals surface area (Å²) in [5.41, 5.74) is 8.88. The Labute approximate surface area is 115 Å². The second-order valence-corrected chi connectivity index (χ2v) is 5.71. The molecule has 0 saturated carbocycles. The predicted octanol–water partition coefficient (Wildman–Crippen LogP) is 2.14. The molecular weight excluding hydrogens is 238 g/mol. The normalized spacial score (nSPS) is 19.8. The highest BCUT2D eigenvalue weighted by atomic mass is 16.2. The highest BCUT2D eigenvalue weighted by Gasteiger charge is 2.32. The molecule has 2 atom stereocenters. The smallest absolute Gasteiger partial charge is 0.248 e. The van der Waals surface area contributed by atoms with E-state index in [0.717, 1.165) is 16.9 Å². The number of hydrogen-bond donors (Lipinski definition) is 1. The molecule has 1 aromatic carbocycles. The molecule has 0 aromatic heterocycles. The number of anilines is 2. The van der Waals surface area contributed by atoms with E-state index in [-0.39, 0.29) is 5.91 Å². The fourth-order valence-corrected chi connectivity index (χ4v) is 2.45. The fourth-order valence-electron chi connectivity index (χ4n) is 2.45. The molecule has 2 N–H and O–H groups in total. The maximum Gasteiger partial charge on any atom is 0.248 e. The highest BCUT2D eigenvalue weighted by molar-refractivity contribution is 6.04. The lowest BCUT2D eigenvalue weighted by Crippen LogP contribution is -2.33. The summed E-state index contributed by atoms with van der Waals surface area (Å²) >= 11 is 0. The Morgan fingerprint density at radius 3 is 2.53 bits per heavy atom. The second kappa shape index (κ2) is 4.85. The molecule has 1 aliphatic rings. The van der Waals surface area contributed by atoms with Crippen molar-refractivity contribution in [3.05, 3.63) is 23.8 Å². The molecule has 0 fully saturated rings. The summed E-state index contributed by atoms with van der Waals surface area (Å²) in [4.78, 5) is 15.8. The number of hydrogen-bond acceptors (Lipinski definition) is 3. The van der Waals surface area contributed by atoms with Gasteiger partial charge in [-0.25, -0.2) is 0 Å². The molecule has 0 spiro atoms. The molecule has 0 bridgehead atoms. The summed E-state index contributed by atoms with van der Waals surface area (Å²) in [7, 11) is 3.87. The van der Waals surface area contributed by atoms with Crippen molar-refractivity contribution in [2.75, 3.05) is 23.9 Å². The number of nitrogens with two attached hydrogens (primary N) is 1. The van der Waals surface area contributed by atoms with E-state index in [0.29, 0.717) is 12.0 Å². The van der Waals surface area contributed by atoms with Crippen molar-refractivity contribution < 1.29 is 4.79 Å². The first kappa shape index (κ1) is 13.9. The summed E-state index contributed by atoms with van der Waals surface area (Å²) in [5.74, 6) is 0.534. The van der Waals surface area contributed by atoms with Crippen molar-refractivity contribution in [1.29, 1.82) is 0 Å². The molecule has 1 heterocycles. The summed E-state index contributed by atoms with van der Waals surface area (Å²) in [6, 6.07) is 6.00. The molecule has 1 aromatic rings. The van der Waals surface area contributed by atoms with E-state index in [4.69, 9.17) is 5.73 Å². The van der Waals surface area contributed by atoms with Crippen LogP contribution in [0.1, 0.15) is 32.4 Å². The monoisotopic (exact) mass is 261 g/mol. The van der Waals surface area contributed by atoms with Gasteiger partial charge >= 0.3 is 0 Å². The first-order chi connectivity index (χ1) is 8.84. The minimum absolute atomic E-state index is 0.0355. The van der Waals surface area contributed by atoms with Crippen LogP contribution in [0.5, 0.6) is 0 Å². The van der Waals surface area contributed by atoms with Crippen LogP contribution in [0.25, 0.3) is 0 Å². The third-order valence-corrected chi connectivity index (χ3v) is 4.29. The zero-order valence-electron chi connectivity index (χ0n) is 12.3. The van der Waals surface area contributed by atoms with Gasteiger partial charge in [0.15, 0.2) is 0 Å². The van der Waals surface area contributed by atoms with Crippen LogP contribution in [0.15, 0.2) is 18.2 Å². The maximum absolute atomic E-state index is 11.9. The molecular formula is C15H23N3O. The van der Waals surface area contributed by atoms with Crippen LogP contribution in [-0.2, 0) is 4.79 Å². The third-order valence-electron chi connectivity index (χ3n) is 4.29. The van der Waals surface area contributed by atoms with E-state index in [1.165, 1.54) is 0 Å². The van der Waals surface area contributed by atoms with Gasteiger partial charge in [0, 0.05) is 31.4 Å². The molecule has 19 heavy (non-hydrogen) atoms. The van der Waals surface area contributed by atoms with Gasteiger partial charge in [0.2, 0.25) is 5.91 Å². The van der Waals surface area contributed by atoms with Crippen molar-refractivity contribution in [2.24, 2.45) is 11.7 Å². The third kappa shape index (κ3) is 2.21. The quantitative estimate of drug-likeness (QED) is 0.907. The minimum Gasteiger partial charge on any atom is -0.372 e. The van der Waals surface area contributed by atoms with E-state index in [1.807, 2.05) is 12.1 Å². The average Bonchev–Trinajstić information content (AvgIpc) is 2.61. The van der Waals surface area contributed by atoms with Crippen LogP contribution in [0, 0.1) is 5.92 Å². The maximum atomic E-state index is 11.9. The number of likely N-dealkylation sites (N-methyl/N-ethyl adjacent to an activating group) is 1. The second-order valence-electron chi connectivity index (χ2n) is 5.71. The van der Waals surface area contributed by atoms with Crippen LogP contribution < -0.4 is 15.5 Å². The minimum atomic E-state index is -0.512. The van der Waals surface area contributed by atoms with Crippen molar-refractivity contribution >= 4 is 17.3 Å². The van der Waals surface area contributed by atoms with Gasteiger partial charge in [0.25, 0.3) is 0 Å². The van der Waals surface area contributed by atoms with Crippen molar-refractivity contribution in [2.45, 2.75) is 32.9 Å². The van der Waals surface area contributed by atoms with Gasteiger partial charge in [-0.15, -0.1) is 0 Å². The molecule has 0 aliphatic carbocycles. The predicted molar refractivity (Wildman–Crippen MR) is 79.5 cm³/mol. The summed E-state index contributed by atoms with van der Waals surface area (Å²) in [6.07, 6.45) is 0. The zero-order valence-corrected chi connectivity index (χ0v) is 12.3. The molecule has 2 unspecified atom stereocenters. The molecule has 0 radical (unpaired) electrons. The van der Waals surface area contributed by atoms with E-state index in [1.54, 1.807) is 11.9 Å². The lowest BCUT2D eigenvalue weighted by Gasteiger charge is -2.30. The molecule has 4 heteroatoms. The fraction of sp³-hybridized carbons (Fsp3) is 0.533. The standard InChI is InChI=1S/C15H23N3O/c1-9(2)10(3)17(4)11-6-7-12-13(8-11)18(5)15(19)14(12)16/h6-10,14H,16H2,1-5H3. The number of benzene rings is 1. The largest absolute Gasteiger partial charge is 0.372 e. The Morgan fingerprint density at radius 1 is 1.32 bits per heavy atom. The Hall–Kier alpha value is -1.55. The van der Waals surface area contributed by atoms with Gasteiger partial charge in [-0.1, -0.05) is 19.9 Å². The first-order valence-corrected chi connectivity index (χ1v) is 6.74. The van der Waals surface area contributed by atoms with E-state index in [2.05, 4.69) is 38.8 Å². The van der Waals surface area contributed by atoms with Crippen LogP contribution in [0.4, 0.5) is 11.4 Å². The van der Waals surface area contributed by atoms with E-state index in [9.17, 15) is 4.79 Å². The molecule has 1 amide bonds. The lowest BCUT2D eigenvalue weighted by atomic mass is 10.0. The van der Waals surface area contributed by atoms with Crippen LogP contribution >= 0.6 is 0 Å². The molecule has 4 nitrogen and oxygen atoms in total. The lowest BCUT2D eigenvalue weighted by molar-refractivity contribution is -0.118. The number of nitrogens with zero attached hydrogens (tertiary/aromatic N) is 2. The van der Waals surface area contributed by atoms with Crippen LogP contribution in [-0.4, -0.2) is 26.0 Å². The van der Waals surface area contributed by atoms with Crippen molar-refractivity contribution in [3.8, 4) is 0 Å². The van der Waals surface area contributed by atoms with Gasteiger partial charge in [-0.2, -0.15) is 0 Å². The number of rotatable bonds is 3. The Bertz CT molecular complexity index is 498. The number of fused-ring (bicyclic) bond motifs is 1. The SMILES string of the molecule is CC(C)C(C)N(C)c1ccc2c(c1)N(C)C(=O)C2N. The van der Waals surface area contributed by atoms with Gasteiger partial charge in [0.05, 0.1) is 5.69 Å². The molecule has 1 aliphatic heterocycles. The molecule has 104 valence electrons. The topological polar surface area (TPSA) is 49.6 Å². The van der Waals surface area contributed by atoms with Gasteiger partial charge in [0.1, 0.15) is 6.04 Å². The average molecular weight is 261 g/mol. The number of amides is 1. The molecule has 0 saturated heterocycles. The first-order valence-electron chi connectivity index (χ1n) is 6.74. The Balaban J connectivity index is 2.35. The van der Waals surface area contributed by atoms with Gasteiger partial charge < -0.3 is 15.5 Å². The summed E-state index contributed by atoms with van der Waals surface area (Å²) < 4.78 is 0. The number of carbonyl (C=O) groups is 1. The van der Waals surface area contributed by atoms with E-state index >= 15 is 0 Å². The van der Waals surface area contributed by atoms with Crippen LogP contribution in [0.2, 0.25) is 0 Å². The Morgan fingerprint density at radius 2 is 1.95 bits per heavy atom. The van der Waals surface area contributed by atoms with Crippen molar-refractivity contribution in [1.82, 2.24) is 0 Å². The summed E-state index contributed by atoms with van der Waals surface area (Å²) in [5, 5.41) is 0. The van der Waals surface area contributed by atoms with Gasteiger partial charge in [-0.05, 0) is 25.0 Å².